The summed E-state index contributed by atoms with van der Waals surface area (Å²) in [6, 6.07) is 27.6. The molecule has 0 aliphatic rings. The van der Waals surface area contributed by atoms with Crippen LogP contribution in [0.1, 0.15) is 38.2 Å². The molecule has 0 atom stereocenters. The first-order valence-corrected chi connectivity index (χ1v) is 12.9. The van der Waals surface area contributed by atoms with E-state index >= 15 is 0 Å². The van der Waals surface area contributed by atoms with Gasteiger partial charge in [-0.25, -0.2) is 4.98 Å². The molecule has 190 valence electrons. The van der Waals surface area contributed by atoms with Gasteiger partial charge < -0.3 is 10.1 Å². The van der Waals surface area contributed by atoms with Gasteiger partial charge in [-0.15, -0.1) is 0 Å². The summed E-state index contributed by atoms with van der Waals surface area (Å²) in [5, 5.41) is 4.54. The molecule has 1 N–H and O–H groups in total. The van der Waals surface area contributed by atoms with E-state index in [1.54, 1.807) is 0 Å². The molecule has 1 amide bonds. The van der Waals surface area contributed by atoms with E-state index in [0.29, 0.717) is 22.9 Å². The average molecular weight is 521 g/mol. The standard InChI is InChI=1S/C33H29ClN2O2/c1-20-17-21(2)31-27(18-20)30(33(37)35-29-12-8-11-28(34)22(29)3)23(4)32(36-31)25-13-15-26(16-14-25)38-19-24-9-6-5-7-10-24/h5-18H,19H2,1-4H3,(H,35,37). The summed E-state index contributed by atoms with van der Waals surface area (Å²) in [6.07, 6.45) is 0. The van der Waals surface area contributed by atoms with Crippen LogP contribution in [0.25, 0.3) is 22.2 Å². The van der Waals surface area contributed by atoms with Gasteiger partial charge >= 0.3 is 0 Å². The minimum absolute atomic E-state index is 0.186. The topological polar surface area (TPSA) is 51.2 Å². The number of benzene rings is 4. The third-order valence-corrected chi connectivity index (χ3v) is 7.20. The fraction of sp³-hybridized carbons (Fsp3) is 0.152. The summed E-state index contributed by atoms with van der Waals surface area (Å²) >= 11 is 6.31. The van der Waals surface area contributed by atoms with Crippen LogP contribution in [0.5, 0.6) is 5.75 Å². The van der Waals surface area contributed by atoms with Crippen molar-refractivity contribution in [2.45, 2.75) is 34.3 Å². The molecule has 0 aliphatic heterocycles. The highest BCUT2D eigenvalue weighted by Crippen LogP contribution is 2.34. The minimum Gasteiger partial charge on any atom is -0.489 e. The number of hydrogen-bond acceptors (Lipinski definition) is 3. The monoisotopic (exact) mass is 520 g/mol. The van der Waals surface area contributed by atoms with E-state index < -0.39 is 0 Å². The van der Waals surface area contributed by atoms with Crippen molar-refractivity contribution < 1.29 is 9.53 Å². The smallest absolute Gasteiger partial charge is 0.256 e. The third-order valence-electron chi connectivity index (χ3n) is 6.79. The number of rotatable bonds is 6. The van der Waals surface area contributed by atoms with Gasteiger partial charge in [0.2, 0.25) is 0 Å². The summed E-state index contributed by atoms with van der Waals surface area (Å²) in [4.78, 5) is 18.8. The molecule has 0 fully saturated rings. The number of ether oxygens (including phenoxy) is 1. The predicted octanol–water partition coefficient (Wildman–Crippen LogP) is 8.62. The second-order valence-corrected chi connectivity index (χ2v) is 10.0. The molecule has 0 saturated heterocycles. The van der Waals surface area contributed by atoms with Crippen LogP contribution in [0, 0.1) is 27.7 Å². The summed E-state index contributed by atoms with van der Waals surface area (Å²) in [6.45, 7) is 8.42. The Morgan fingerprint density at radius 1 is 0.868 bits per heavy atom. The molecule has 5 rings (SSSR count). The number of hydrogen-bond donors (Lipinski definition) is 1. The van der Waals surface area contributed by atoms with E-state index in [4.69, 9.17) is 21.3 Å². The van der Waals surface area contributed by atoms with E-state index in [1.807, 2.05) is 107 Å². The Hall–Kier alpha value is -4.15. The number of halogens is 1. The molecule has 0 unspecified atom stereocenters. The number of carbonyl (C=O) groups excluding carboxylic acids is 1. The van der Waals surface area contributed by atoms with Crippen molar-refractivity contribution in [1.82, 2.24) is 4.98 Å². The molecule has 1 heterocycles. The highest BCUT2D eigenvalue weighted by atomic mass is 35.5. The summed E-state index contributed by atoms with van der Waals surface area (Å²) in [5.41, 5.74) is 8.67. The molecule has 0 spiro atoms. The molecule has 0 radical (unpaired) electrons. The number of aryl methyl sites for hydroxylation is 2. The molecule has 4 aromatic carbocycles. The van der Waals surface area contributed by atoms with Crippen molar-refractivity contribution in [1.29, 1.82) is 0 Å². The molecular formula is C33H29ClN2O2. The van der Waals surface area contributed by atoms with E-state index in [9.17, 15) is 4.79 Å². The zero-order valence-electron chi connectivity index (χ0n) is 21.9. The summed E-state index contributed by atoms with van der Waals surface area (Å²) in [5.74, 6) is 0.589. The molecule has 0 saturated carbocycles. The lowest BCUT2D eigenvalue weighted by Gasteiger charge is -2.17. The lowest BCUT2D eigenvalue weighted by molar-refractivity contribution is 0.102. The Morgan fingerprint density at radius 3 is 2.34 bits per heavy atom. The molecule has 5 heteroatoms. The molecule has 5 aromatic rings. The number of carbonyl (C=O) groups is 1. The first-order valence-electron chi connectivity index (χ1n) is 12.6. The van der Waals surface area contributed by atoms with E-state index in [0.717, 1.165) is 55.7 Å². The van der Waals surface area contributed by atoms with Gasteiger partial charge in [0.1, 0.15) is 12.4 Å². The van der Waals surface area contributed by atoms with Crippen LogP contribution in [-0.4, -0.2) is 10.9 Å². The quantitative estimate of drug-likeness (QED) is 0.244. The number of pyridine rings is 1. The van der Waals surface area contributed by atoms with Crippen LogP contribution in [0.4, 0.5) is 5.69 Å². The molecule has 1 aromatic heterocycles. The second-order valence-electron chi connectivity index (χ2n) is 9.60. The lowest BCUT2D eigenvalue weighted by atomic mass is 9.94. The highest BCUT2D eigenvalue weighted by Gasteiger charge is 2.21. The van der Waals surface area contributed by atoms with Gasteiger partial charge in [-0.2, -0.15) is 0 Å². The summed E-state index contributed by atoms with van der Waals surface area (Å²) in [7, 11) is 0. The zero-order chi connectivity index (χ0) is 26.8. The molecular weight excluding hydrogens is 492 g/mol. The molecule has 38 heavy (non-hydrogen) atoms. The largest absolute Gasteiger partial charge is 0.489 e. The fourth-order valence-corrected chi connectivity index (χ4v) is 4.94. The van der Waals surface area contributed by atoms with Crippen molar-refractivity contribution >= 4 is 34.1 Å². The van der Waals surface area contributed by atoms with Crippen LogP contribution in [-0.2, 0) is 6.61 Å². The van der Waals surface area contributed by atoms with Gasteiger partial charge in [-0.3, -0.25) is 4.79 Å². The summed E-state index contributed by atoms with van der Waals surface area (Å²) < 4.78 is 5.97. The van der Waals surface area contributed by atoms with Gasteiger partial charge in [0.05, 0.1) is 16.8 Å². The Balaban J connectivity index is 1.55. The Morgan fingerprint density at radius 2 is 1.61 bits per heavy atom. The second kappa shape index (κ2) is 10.7. The predicted molar refractivity (Wildman–Crippen MR) is 156 cm³/mol. The number of nitrogens with zero attached hydrogens (tertiary/aromatic N) is 1. The van der Waals surface area contributed by atoms with Crippen LogP contribution >= 0.6 is 11.6 Å². The highest BCUT2D eigenvalue weighted by molar-refractivity contribution is 6.32. The Bertz CT molecular complexity index is 1640. The van der Waals surface area contributed by atoms with Crippen molar-refractivity contribution in [3.8, 4) is 17.0 Å². The van der Waals surface area contributed by atoms with Crippen molar-refractivity contribution in [2.24, 2.45) is 0 Å². The van der Waals surface area contributed by atoms with Gasteiger partial charge in [-0.05, 0) is 92.4 Å². The number of nitrogens with one attached hydrogen (secondary N) is 1. The number of fused-ring (bicyclic) bond motifs is 1. The molecule has 0 bridgehead atoms. The van der Waals surface area contributed by atoms with Gasteiger partial charge in [-0.1, -0.05) is 59.6 Å². The molecule has 0 aliphatic carbocycles. The maximum atomic E-state index is 13.8. The minimum atomic E-state index is -0.186. The maximum Gasteiger partial charge on any atom is 0.256 e. The van der Waals surface area contributed by atoms with E-state index in [-0.39, 0.29) is 5.91 Å². The first-order chi connectivity index (χ1) is 18.3. The average Bonchev–Trinajstić information content (AvgIpc) is 2.90. The van der Waals surface area contributed by atoms with Gasteiger partial charge in [0.15, 0.2) is 0 Å². The zero-order valence-corrected chi connectivity index (χ0v) is 22.7. The van der Waals surface area contributed by atoms with Gasteiger partial charge in [0.25, 0.3) is 5.91 Å². The van der Waals surface area contributed by atoms with Crippen LogP contribution in [0.2, 0.25) is 5.02 Å². The van der Waals surface area contributed by atoms with E-state index in [2.05, 4.69) is 11.4 Å². The van der Waals surface area contributed by atoms with Crippen molar-refractivity contribution in [3.05, 3.63) is 123 Å². The number of anilines is 1. The van der Waals surface area contributed by atoms with Crippen molar-refractivity contribution in [3.63, 3.8) is 0 Å². The maximum absolute atomic E-state index is 13.8. The lowest BCUT2D eigenvalue weighted by Crippen LogP contribution is -2.16. The molecule has 4 nitrogen and oxygen atoms in total. The van der Waals surface area contributed by atoms with E-state index in [1.165, 1.54) is 0 Å². The van der Waals surface area contributed by atoms with Gasteiger partial charge in [0, 0.05) is 21.7 Å². The fourth-order valence-electron chi connectivity index (χ4n) is 4.77. The van der Waals surface area contributed by atoms with Crippen LogP contribution in [0.3, 0.4) is 0 Å². The van der Waals surface area contributed by atoms with Crippen LogP contribution < -0.4 is 10.1 Å². The SMILES string of the molecule is Cc1cc(C)c2nc(-c3ccc(OCc4ccccc4)cc3)c(C)c(C(=O)Nc3cccc(Cl)c3C)c2c1. The normalized spacial score (nSPS) is 11.0. The Kier molecular flexibility index (Phi) is 7.17. The number of amides is 1. The van der Waals surface area contributed by atoms with Crippen molar-refractivity contribution in [2.75, 3.05) is 5.32 Å². The van der Waals surface area contributed by atoms with Crippen LogP contribution in [0.15, 0.2) is 84.9 Å². The third kappa shape index (κ3) is 5.13. The number of aromatic nitrogens is 1. The Labute approximate surface area is 228 Å². The first kappa shape index (κ1) is 25.5.